The van der Waals surface area contributed by atoms with Crippen LogP contribution in [0.5, 0.6) is 0 Å². The minimum absolute atomic E-state index is 0.0825. The zero-order valence-electron chi connectivity index (χ0n) is 8.54. The van der Waals surface area contributed by atoms with Crippen molar-refractivity contribution in [1.82, 2.24) is 5.32 Å². The van der Waals surface area contributed by atoms with E-state index >= 15 is 0 Å². The fraction of sp³-hybridized carbons (Fsp3) is 0.364. The molecule has 0 aliphatic carbocycles. The molecule has 0 saturated heterocycles. The quantitative estimate of drug-likeness (QED) is 0.744. The van der Waals surface area contributed by atoms with Gasteiger partial charge in [0.15, 0.2) is 0 Å². The van der Waals surface area contributed by atoms with Crippen LogP contribution in [-0.4, -0.2) is 12.5 Å². The Morgan fingerprint density at radius 2 is 2.36 bits per heavy atom. The molecule has 1 aromatic heterocycles. The van der Waals surface area contributed by atoms with Crippen molar-refractivity contribution in [3.8, 4) is 0 Å². The lowest BCUT2D eigenvalue weighted by atomic mass is 10.3. The number of aryl methyl sites for hydroxylation is 1. The number of carbonyl (C=O) groups is 1. The fourth-order valence-electron chi connectivity index (χ4n) is 1.01. The third-order valence-corrected chi connectivity index (χ3v) is 1.71. The van der Waals surface area contributed by atoms with E-state index in [2.05, 4.69) is 5.32 Å². The summed E-state index contributed by atoms with van der Waals surface area (Å²) in [5.41, 5.74) is 0. The number of hydrogen-bond acceptors (Lipinski definition) is 2. The highest BCUT2D eigenvalue weighted by Gasteiger charge is 1.95. The van der Waals surface area contributed by atoms with Gasteiger partial charge < -0.3 is 9.73 Å². The van der Waals surface area contributed by atoms with Crippen LogP contribution in [0.25, 0.3) is 6.08 Å². The molecule has 0 aliphatic heterocycles. The summed E-state index contributed by atoms with van der Waals surface area (Å²) >= 11 is 0. The van der Waals surface area contributed by atoms with E-state index in [4.69, 9.17) is 4.42 Å². The Hall–Kier alpha value is -1.51. The number of carbonyl (C=O) groups excluding carboxylic acids is 1. The minimum Gasteiger partial charge on any atom is -0.462 e. The molecule has 1 aromatic rings. The van der Waals surface area contributed by atoms with Crippen LogP contribution in [0.2, 0.25) is 0 Å². The van der Waals surface area contributed by atoms with Crippen molar-refractivity contribution in [2.24, 2.45) is 0 Å². The largest absolute Gasteiger partial charge is 0.462 e. The molecule has 0 atom stereocenters. The van der Waals surface area contributed by atoms with Gasteiger partial charge in [-0.2, -0.15) is 0 Å². The number of rotatable bonds is 4. The molecule has 76 valence electrons. The lowest BCUT2D eigenvalue weighted by Gasteiger charge is -1.96. The van der Waals surface area contributed by atoms with Crippen LogP contribution in [0.3, 0.4) is 0 Å². The van der Waals surface area contributed by atoms with Gasteiger partial charge in [-0.05, 0) is 31.6 Å². The molecule has 0 aromatic carbocycles. The monoisotopic (exact) mass is 193 g/mol. The van der Waals surface area contributed by atoms with Gasteiger partial charge in [0, 0.05) is 12.6 Å². The highest BCUT2D eigenvalue weighted by atomic mass is 16.3. The first-order chi connectivity index (χ1) is 6.72. The van der Waals surface area contributed by atoms with E-state index in [1.807, 2.05) is 26.0 Å². The van der Waals surface area contributed by atoms with Gasteiger partial charge in [-0.15, -0.1) is 0 Å². The van der Waals surface area contributed by atoms with Gasteiger partial charge in [0.25, 0.3) is 0 Å². The molecule has 0 unspecified atom stereocenters. The van der Waals surface area contributed by atoms with Crippen LogP contribution in [0.4, 0.5) is 0 Å². The van der Waals surface area contributed by atoms with Crippen molar-refractivity contribution in [3.05, 3.63) is 29.7 Å². The standard InChI is InChI=1S/C11H15NO2/c1-3-8-12-11(13)7-6-10-5-4-9(2)14-10/h4-7H,3,8H2,1-2H3,(H,12,13). The van der Waals surface area contributed by atoms with Crippen LogP contribution < -0.4 is 5.32 Å². The lowest BCUT2D eigenvalue weighted by molar-refractivity contribution is -0.116. The second-order valence-corrected chi connectivity index (χ2v) is 3.07. The molecular weight excluding hydrogens is 178 g/mol. The molecule has 0 aliphatic rings. The summed E-state index contributed by atoms with van der Waals surface area (Å²) in [6.07, 6.45) is 4.09. The third kappa shape index (κ3) is 3.47. The Morgan fingerprint density at radius 1 is 1.57 bits per heavy atom. The van der Waals surface area contributed by atoms with Gasteiger partial charge in [0.1, 0.15) is 11.5 Å². The van der Waals surface area contributed by atoms with E-state index < -0.39 is 0 Å². The fourth-order valence-corrected chi connectivity index (χ4v) is 1.01. The molecule has 1 N–H and O–H groups in total. The van der Waals surface area contributed by atoms with Crippen molar-refractivity contribution in [2.45, 2.75) is 20.3 Å². The molecule has 1 heterocycles. The van der Waals surface area contributed by atoms with Crippen molar-refractivity contribution in [2.75, 3.05) is 6.54 Å². The Kier molecular flexibility index (Phi) is 3.98. The highest BCUT2D eigenvalue weighted by molar-refractivity contribution is 5.91. The SMILES string of the molecule is CCCNC(=O)C=Cc1ccc(C)o1. The molecule has 0 saturated carbocycles. The van der Waals surface area contributed by atoms with Crippen molar-refractivity contribution >= 4 is 12.0 Å². The van der Waals surface area contributed by atoms with Crippen molar-refractivity contribution in [1.29, 1.82) is 0 Å². The average Bonchev–Trinajstić information content (AvgIpc) is 2.58. The molecular formula is C11H15NO2. The van der Waals surface area contributed by atoms with Gasteiger partial charge in [-0.1, -0.05) is 6.92 Å². The number of amides is 1. The van der Waals surface area contributed by atoms with E-state index in [1.54, 1.807) is 6.08 Å². The van der Waals surface area contributed by atoms with Gasteiger partial charge in [0.2, 0.25) is 5.91 Å². The zero-order valence-corrected chi connectivity index (χ0v) is 8.54. The molecule has 1 amide bonds. The molecule has 0 spiro atoms. The molecule has 1 rings (SSSR count). The Bertz CT molecular complexity index is 326. The molecule has 0 radical (unpaired) electrons. The van der Waals surface area contributed by atoms with Crippen LogP contribution >= 0.6 is 0 Å². The molecule has 0 bridgehead atoms. The van der Waals surface area contributed by atoms with E-state index in [9.17, 15) is 4.79 Å². The average molecular weight is 193 g/mol. The highest BCUT2D eigenvalue weighted by Crippen LogP contribution is 2.07. The van der Waals surface area contributed by atoms with Crippen LogP contribution in [-0.2, 0) is 4.79 Å². The summed E-state index contributed by atoms with van der Waals surface area (Å²) in [5.74, 6) is 1.47. The van der Waals surface area contributed by atoms with Gasteiger partial charge in [-0.3, -0.25) is 4.79 Å². The summed E-state index contributed by atoms with van der Waals surface area (Å²) in [6.45, 7) is 4.59. The number of nitrogens with one attached hydrogen (secondary N) is 1. The third-order valence-electron chi connectivity index (χ3n) is 1.71. The maximum atomic E-state index is 11.1. The van der Waals surface area contributed by atoms with E-state index in [1.165, 1.54) is 6.08 Å². The second kappa shape index (κ2) is 5.27. The Balaban J connectivity index is 2.43. The summed E-state index contributed by atoms with van der Waals surface area (Å²) in [7, 11) is 0. The van der Waals surface area contributed by atoms with Crippen LogP contribution in [0.15, 0.2) is 22.6 Å². The summed E-state index contributed by atoms with van der Waals surface area (Å²) in [4.78, 5) is 11.1. The van der Waals surface area contributed by atoms with Crippen LogP contribution in [0.1, 0.15) is 24.9 Å². The first-order valence-corrected chi connectivity index (χ1v) is 4.74. The molecule has 3 nitrogen and oxygen atoms in total. The van der Waals surface area contributed by atoms with E-state index in [0.717, 1.165) is 12.2 Å². The molecule has 14 heavy (non-hydrogen) atoms. The van der Waals surface area contributed by atoms with Crippen LogP contribution in [0, 0.1) is 6.92 Å². The zero-order chi connectivity index (χ0) is 10.4. The molecule has 0 fully saturated rings. The second-order valence-electron chi connectivity index (χ2n) is 3.07. The number of furan rings is 1. The topological polar surface area (TPSA) is 42.2 Å². The molecule has 3 heteroatoms. The predicted octanol–water partition coefficient (Wildman–Crippen LogP) is 2.13. The van der Waals surface area contributed by atoms with Gasteiger partial charge in [-0.25, -0.2) is 0 Å². The van der Waals surface area contributed by atoms with Crippen molar-refractivity contribution in [3.63, 3.8) is 0 Å². The van der Waals surface area contributed by atoms with Gasteiger partial charge >= 0.3 is 0 Å². The first-order valence-electron chi connectivity index (χ1n) is 4.74. The lowest BCUT2D eigenvalue weighted by Crippen LogP contribution is -2.21. The summed E-state index contributed by atoms with van der Waals surface area (Å²) in [5, 5.41) is 2.74. The predicted molar refractivity (Wildman–Crippen MR) is 55.8 cm³/mol. The Morgan fingerprint density at radius 3 is 2.93 bits per heavy atom. The van der Waals surface area contributed by atoms with E-state index in [-0.39, 0.29) is 5.91 Å². The van der Waals surface area contributed by atoms with E-state index in [0.29, 0.717) is 12.3 Å². The Labute approximate surface area is 83.8 Å². The first kappa shape index (κ1) is 10.6. The van der Waals surface area contributed by atoms with Crippen molar-refractivity contribution < 1.29 is 9.21 Å². The maximum absolute atomic E-state index is 11.1. The normalized spacial score (nSPS) is 10.7. The number of hydrogen-bond donors (Lipinski definition) is 1. The minimum atomic E-state index is -0.0825. The smallest absolute Gasteiger partial charge is 0.244 e. The maximum Gasteiger partial charge on any atom is 0.244 e. The van der Waals surface area contributed by atoms with Gasteiger partial charge in [0.05, 0.1) is 0 Å². The summed E-state index contributed by atoms with van der Waals surface area (Å²) in [6, 6.07) is 3.70. The summed E-state index contributed by atoms with van der Waals surface area (Å²) < 4.78 is 5.27.